The van der Waals surface area contributed by atoms with Crippen molar-refractivity contribution in [1.82, 2.24) is 4.98 Å². The largest absolute Gasteiger partial charge is 0.497 e. The number of methoxy groups -OCH3 is 1. The summed E-state index contributed by atoms with van der Waals surface area (Å²) in [5.41, 5.74) is 1.81. The van der Waals surface area contributed by atoms with Crippen molar-refractivity contribution in [3.63, 3.8) is 0 Å². The topological polar surface area (TPSA) is 80.3 Å². The van der Waals surface area contributed by atoms with E-state index >= 15 is 0 Å². The second-order valence-electron chi connectivity index (χ2n) is 5.07. The number of ether oxygens (including phenoxy) is 1. The summed E-state index contributed by atoms with van der Waals surface area (Å²) in [5, 5.41) is 5.94. The zero-order chi connectivity index (χ0) is 17.1. The molecule has 0 aliphatic heterocycles. The van der Waals surface area contributed by atoms with Gasteiger partial charge < -0.3 is 10.1 Å². The number of nitrogens with one attached hydrogen (secondary N) is 2. The first-order valence-electron chi connectivity index (χ1n) is 7.19. The van der Waals surface area contributed by atoms with Gasteiger partial charge in [0.2, 0.25) is 5.91 Å². The maximum atomic E-state index is 12.4. The summed E-state index contributed by atoms with van der Waals surface area (Å²) >= 11 is 1.37. The number of benzene rings is 2. The second-order valence-corrected chi connectivity index (χ2v) is 6.10. The first kappa shape index (κ1) is 15.9. The summed E-state index contributed by atoms with van der Waals surface area (Å²) < 4.78 is 6.11. The fourth-order valence-corrected chi connectivity index (χ4v) is 3.09. The van der Waals surface area contributed by atoms with Gasteiger partial charge in [0.15, 0.2) is 5.13 Å². The molecule has 24 heavy (non-hydrogen) atoms. The molecule has 0 fully saturated rings. The van der Waals surface area contributed by atoms with Crippen molar-refractivity contribution in [1.29, 1.82) is 0 Å². The predicted octanol–water partition coefficient (Wildman–Crippen LogP) is 3.52. The lowest BCUT2D eigenvalue weighted by Gasteiger charge is -2.05. The van der Waals surface area contributed by atoms with Crippen LogP contribution in [0.25, 0.3) is 10.2 Å². The van der Waals surface area contributed by atoms with Gasteiger partial charge >= 0.3 is 0 Å². The molecule has 122 valence electrons. The molecule has 0 saturated heterocycles. The van der Waals surface area contributed by atoms with Crippen LogP contribution in [0, 0.1) is 0 Å². The van der Waals surface area contributed by atoms with Crippen LogP contribution in [0.4, 0.5) is 10.8 Å². The lowest BCUT2D eigenvalue weighted by Crippen LogP contribution is -2.12. The van der Waals surface area contributed by atoms with Gasteiger partial charge in [-0.05, 0) is 36.4 Å². The van der Waals surface area contributed by atoms with E-state index in [9.17, 15) is 9.59 Å². The highest BCUT2D eigenvalue weighted by molar-refractivity contribution is 7.22. The third kappa shape index (κ3) is 3.52. The number of carbonyl (C=O) groups is 2. The molecule has 2 N–H and O–H groups in total. The van der Waals surface area contributed by atoms with Crippen molar-refractivity contribution in [3.8, 4) is 5.75 Å². The van der Waals surface area contributed by atoms with E-state index in [0.717, 1.165) is 16.0 Å². The van der Waals surface area contributed by atoms with Gasteiger partial charge in [-0.3, -0.25) is 14.9 Å². The molecule has 0 saturated carbocycles. The third-order valence-electron chi connectivity index (χ3n) is 3.26. The molecule has 1 heterocycles. The highest BCUT2D eigenvalue weighted by Crippen LogP contribution is 2.29. The summed E-state index contributed by atoms with van der Waals surface area (Å²) in [6, 6.07) is 12.3. The average Bonchev–Trinajstić information content (AvgIpc) is 2.95. The Hall–Kier alpha value is -2.93. The van der Waals surface area contributed by atoms with E-state index < -0.39 is 0 Å². The highest BCUT2D eigenvalue weighted by Gasteiger charge is 2.11. The van der Waals surface area contributed by atoms with Crippen molar-refractivity contribution >= 4 is 44.2 Å². The monoisotopic (exact) mass is 341 g/mol. The van der Waals surface area contributed by atoms with Crippen LogP contribution in [0.1, 0.15) is 17.3 Å². The lowest BCUT2D eigenvalue weighted by atomic mass is 10.2. The van der Waals surface area contributed by atoms with Gasteiger partial charge in [-0.25, -0.2) is 4.98 Å². The molecule has 0 aliphatic carbocycles. The number of thiazole rings is 1. The van der Waals surface area contributed by atoms with E-state index in [1.807, 2.05) is 18.2 Å². The summed E-state index contributed by atoms with van der Waals surface area (Å²) in [6.45, 7) is 1.42. The number of aromatic nitrogens is 1. The van der Waals surface area contributed by atoms with Crippen LogP contribution in [0.5, 0.6) is 5.75 Å². The van der Waals surface area contributed by atoms with Crippen LogP contribution in [-0.4, -0.2) is 23.9 Å². The Morgan fingerprint density at radius 2 is 1.96 bits per heavy atom. The van der Waals surface area contributed by atoms with Crippen molar-refractivity contribution in [2.24, 2.45) is 0 Å². The molecule has 2 aromatic carbocycles. The number of hydrogen-bond donors (Lipinski definition) is 2. The molecule has 3 rings (SSSR count). The average molecular weight is 341 g/mol. The lowest BCUT2D eigenvalue weighted by molar-refractivity contribution is -0.114. The van der Waals surface area contributed by atoms with Crippen LogP contribution in [-0.2, 0) is 4.79 Å². The second kappa shape index (κ2) is 6.67. The third-order valence-corrected chi connectivity index (χ3v) is 4.19. The van der Waals surface area contributed by atoms with Gasteiger partial charge in [0.05, 0.1) is 17.3 Å². The molecule has 0 bridgehead atoms. The van der Waals surface area contributed by atoms with E-state index in [4.69, 9.17) is 4.74 Å². The first-order chi connectivity index (χ1) is 11.5. The van der Waals surface area contributed by atoms with Crippen LogP contribution < -0.4 is 15.4 Å². The first-order valence-corrected chi connectivity index (χ1v) is 8.00. The smallest absolute Gasteiger partial charge is 0.257 e. The maximum absolute atomic E-state index is 12.4. The van der Waals surface area contributed by atoms with E-state index in [-0.39, 0.29) is 11.8 Å². The number of rotatable bonds is 4. The fourth-order valence-electron chi connectivity index (χ4n) is 2.20. The molecular formula is C17H15N3O3S. The maximum Gasteiger partial charge on any atom is 0.257 e. The van der Waals surface area contributed by atoms with Crippen LogP contribution in [0.2, 0.25) is 0 Å². The van der Waals surface area contributed by atoms with Crippen molar-refractivity contribution in [2.45, 2.75) is 6.92 Å². The molecule has 0 atom stereocenters. The van der Waals surface area contributed by atoms with Gasteiger partial charge in [0, 0.05) is 18.2 Å². The van der Waals surface area contributed by atoms with Crippen LogP contribution in [0.15, 0.2) is 42.5 Å². The molecule has 1 aromatic heterocycles. The minimum atomic E-state index is -0.284. The fraction of sp³-hybridized carbons (Fsp3) is 0.118. The van der Waals surface area contributed by atoms with Crippen molar-refractivity contribution in [3.05, 3.63) is 48.0 Å². The standard InChI is InChI=1S/C17H15N3O3S/c1-10(21)18-12-5-3-4-11(8-12)16(22)20-17-19-14-7-6-13(23-2)9-15(14)24-17/h3-9H,1-2H3,(H,18,21)(H,19,20,22). The molecule has 7 heteroatoms. The normalized spacial score (nSPS) is 10.4. The molecular weight excluding hydrogens is 326 g/mol. The Labute approximate surface area is 142 Å². The quantitative estimate of drug-likeness (QED) is 0.761. The minimum Gasteiger partial charge on any atom is -0.497 e. The highest BCUT2D eigenvalue weighted by atomic mass is 32.1. The van der Waals surface area contributed by atoms with Crippen molar-refractivity contribution in [2.75, 3.05) is 17.7 Å². The number of carbonyl (C=O) groups excluding carboxylic acids is 2. The number of hydrogen-bond acceptors (Lipinski definition) is 5. The molecule has 2 amide bonds. The Kier molecular flexibility index (Phi) is 4.43. The number of anilines is 2. The number of nitrogens with zero attached hydrogens (tertiary/aromatic N) is 1. The number of fused-ring (bicyclic) bond motifs is 1. The van der Waals surface area contributed by atoms with Gasteiger partial charge in [-0.2, -0.15) is 0 Å². The van der Waals surface area contributed by atoms with E-state index in [0.29, 0.717) is 16.4 Å². The Bertz CT molecular complexity index is 920. The molecule has 0 unspecified atom stereocenters. The van der Waals surface area contributed by atoms with Gasteiger partial charge in [-0.1, -0.05) is 17.4 Å². The molecule has 3 aromatic rings. The van der Waals surface area contributed by atoms with E-state index in [1.54, 1.807) is 31.4 Å². The van der Waals surface area contributed by atoms with E-state index in [1.165, 1.54) is 18.3 Å². The zero-order valence-electron chi connectivity index (χ0n) is 13.1. The number of amides is 2. The predicted molar refractivity (Wildman–Crippen MR) is 94.9 cm³/mol. The Morgan fingerprint density at radius 3 is 2.71 bits per heavy atom. The summed E-state index contributed by atoms with van der Waals surface area (Å²) in [5.74, 6) is 0.271. The van der Waals surface area contributed by atoms with Gasteiger partial charge in [0.1, 0.15) is 5.75 Å². The molecule has 6 nitrogen and oxygen atoms in total. The molecule has 0 spiro atoms. The van der Waals surface area contributed by atoms with Crippen LogP contribution in [0.3, 0.4) is 0 Å². The Balaban J connectivity index is 1.80. The SMILES string of the molecule is COc1ccc2nc(NC(=O)c3cccc(NC(C)=O)c3)sc2c1. The minimum absolute atomic E-state index is 0.187. The van der Waals surface area contributed by atoms with Crippen molar-refractivity contribution < 1.29 is 14.3 Å². The molecule has 0 radical (unpaired) electrons. The summed E-state index contributed by atoms with van der Waals surface area (Å²) in [4.78, 5) is 27.9. The summed E-state index contributed by atoms with van der Waals surface area (Å²) in [7, 11) is 1.60. The zero-order valence-corrected chi connectivity index (χ0v) is 13.9. The molecule has 0 aliphatic rings. The Morgan fingerprint density at radius 1 is 1.12 bits per heavy atom. The van der Waals surface area contributed by atoms with E-state index in [2.05, 4.69) is 15.6 Å². The van der Waals surface area contributed by atoms with Gasteiger partial charge in [0.25, 0.3) is 5.91 Å². The van der Waals surface area contributed by atoms with Gasteiger partial charge in [-0.15, -0.1) is 0 Å². The summed E-state index contributed by atoms with van der Waals surface area (Å²) in [6.07, 6.45) is 0. The van der Waals surface area contributed by atoms with Crippen LogP contribution >= 0.6 is 11.3 Å².